The molecule has 3 rings (SSSR count). The molecule has 1 N–H and O–H groups in total. The number of aliphatic hydroxyl groups excluding tert-OH is 1. The van der Waals surface area contributed by atoms with Gasteiger partial charge in [-0.2, -0.15) is 4.58 Å². The quantitative estimate of drug-likeness (QED) is 0.257. The number of nitrogens with zero attached hydrogens (tertiary/aromatic N) is 1. The van der Waals surface area contributed by atoms with Crippen LogP contribution in [-0.2, 0) is 4.74 Å². The van der Waals surface area contributed by atoms with Gasteiger partial charge in [-0.3, -0.25) is 0 Å². The average Bonchev–Trinajstić information content (AvgIpc) is 2.77. The fourth-order valence-corrected chi connectivity index (χ4v) is 2.90. The third-order valence-electron chi connectivity index (χ3n) is 4.15. The molecule has 3 nitrogen and oxygen atoms in total. The number of hydrogen-bond donors (Lipinski definition) is 1. The molecule has 0 saturated heterocycles. The van der Waals surface area contributed by atoms with Crippen LogP contribution in [0.3, 0.4) is 0 Å². The molecule has 3 aromatic carbocycles. The number of hydrogen-bond acceptors (Lipinski definition) is 2. The molecule has 0 bridgehead atoms. The fourth-order valence-electron chi connectivity index (χ4n) is 2.82. The van der Waals surface area contributed by atoms with Crippen molar-refractivity contribution in [1.29, 1.82) is 0 Å². The average molecular weight is 425 g/mol. The van der Waals surface area contributed by atoms with E-state index in [-0.39, 0.29) is 4.49 Å². The van der Waals surface area contributed by atoms with Gasteiger partial charge in [0, 0.05) is 29.8 Å². The van der Waals surface area contributed by atoms with Gasteiger partial charge in [-0.15, -0.1) is 0 Å². The molecule has 0 saturated carbocycles. The lowest BCUT2D eigenvalue weighted by Gasteiger charge is -2.11. The van der Waals surface area contributed by atoms with Crippen molar-refractivity contribution >= 4 is 46.6 Å². The maximum Gasteiger partial charge on any atom is 0.313 e. The van der Waals surface area contributed by atoms with E-state index in [4.69, 9.17) is 27.9 Å². The highest BCUT2D eigenvalue weighted by molar-refractivity contribution is 6.56. The van der Waals surface area contributed by atoms with Gasteiger partial charge in [0.1, 0.15) is 5.76 Å². The van der Waals surface area contributed by atoms with Crippen LogP contribution >= 0.6 is 23.2 Å². The Kier molecular flexibility index (Phi) is 7.12. The largest absolute Gasteiger partial charge is 0.479 e. The van der Waals surface area contributed by atoms with E-state index >= 15 is 0 Å². The predicted octanol–water partition coefficient (Wildman–Crippen LogP) is 7.20. The summed E-state index contributed by atoms with van der Waals surface area (Å²) in [6.07, 6.45) is 1.95. The van der Waals surface area contributed by atoms with E-state index in [1.54, 1.807) is 0 Å². The van der Waals surface area contributed by atoms with E-state index in [1.807, 2.05) is 109 Å². The minimum Gasteiger partial charge on any atom is -0.479 e. The molecule has 5 heteroatoms. The zero-order valence-electron chi connectivity index (χ0n) is 15.8. The molecule has 0 atom stereocenters. The molecule has 0 aliphatic rings. The van der Waals surface area contributed by atoms with Gasteiger partial charge in [-0.05, 0) is 6.92 Å². The lowest BCUT2D eigenvalue weighted by molar-refractivity contribution is 0.183. The number of benzene rings is 3. The molecular weight excluding hydrogens is 405 g/mol. The molecule has 0 heterocycles. The Morgan fingerprint density at radius 2 is 1.24 bits per heavy atom. The first-order valence-corrected chi connectivity index (χ1v) is 9.74. The molecule has 0 radical (unpaired) electrons. The minimum atomic E-state index is -0.550. The van der Waals surface area contributed by atoms with Crippen molar-refractivity contribution in [1.82, 2.24) is 4.58 Å². The van der Waals surface area contributed by atoms with Gasteiger partial charge in [0.2, 0.25) is 11.4 Å². The van der Waals surface area contributed by atoms with Crippen molar-refractivity contribution in [3.05, 3.63) is 113 Å². The molecule has 0 spiro atoms. The first-order valence-electron chi connectivity index (χ1n) is 8.99. The Morgan fingerprint density at radius 1 is 0.793 bits per heavy atom. The summed E-state index contributed by atoms with van der Waals surface area (Å²) in [5, 5.41) is 10.0. The maximum absolute atomic E-state index is 10.0. The summed E-state index contributed by atoms with van der Waals surface area (Å²) in [5.74, 6) is -0.107. The second kappa shape index (κ2) is 9.97. The minimum absolute atomic E-state index is 0.339. The Hall–Kier alpha value is -3.01. The summed E-state index contributed by atoms with van der Waals surface area (Å²) in [4.78, 5) is 0. The van der Waals surface area contributed by atoms with Crippen LogP contribution in [0.1, 0.15) is 12.5 Å². The van der Waals surface area contributed by atoms with Crippen molar-refractivity contribution in [3.8, 4) is 0 Å². The maximum atomic E-state index is 10.0. The molecule has 0 fully saturated rings. The molecule has 0 amide bonds. The van der Waals surface area contributed by atoms with Gasteiger partial charge in [0.05, 0.1) is 5.57 Å². The van der Waals surface area contributed by atoms with Crippen LogP contribution in [0, 0.1) is 0 Å². The van der Waals surface area contributed by atoms with E-state index < -0.39 is 5.95 Å². The van der Waals surface area contributed by atoms with Crippen LogP contribution in [0.5, 0.6) is 0 Å². The van der Waals surface area contributed by atoms with Gasteiger partial charge >= 0.3 is 5.95 Å². The lowest BCUT2D eigenvalue weighted by Crippen LogP contribution is -2.08. The highest BCUT2D eigenvalue weighted by Gasteiger charge is 2.17. The Balaban J connectivity index is 2.19. The number of para-hydroxylation sites is 2. The van der Waals surface area contributed by atoms with Crippen molar-refractivity contribution in [3.63, 3.8) is 0 Å². The second-order valence-corrected chi connectivity index (χ2v) is 7.17. The van der Waals surface area contributed by atoms with Crippen molar-refractivity contribution in [2.45, 2.75) is 6.92 Å². The molecule has 0 aliphatic carbocycles. The molecule has 0 aliphatic heterocycles. The third-order valence-corrected chi connectivity index (χ3v) is 4.47. The summed E-state index contributed by atoms with van der Waals surface area (Å²) in [6.45, 7) is 1.90. The highest BCUT2D eigenvalue weighted by atomic mass is 35.5. The molecule has 0 aromatic heterocycles. The number of halogens is 2. The Morgan fingerprint density at radius 3 is 1.69 bits per heavy atom. The van der Waals surface area contributed by atoms with Crippen LogP contribution in [0.15, 0.2) is 107 Å². The lowest BCUT2D eigenvalue weighted by atomic mass is 10.1. The third kappa shape index (κ3) is 5.50. The molecular formula is C24H20Cl2NO2+. The first-order chi connectivity index (χ1) is 14.1. The first kappa shape index (κ1) is 20.7. The number of ether oxygens (including phenoxy) is 1. The van der Waals surface area contributed by atoms with E-state index in [2.05, 4.69) is 0 Å². The van der Waals surface area contributed by atoms with Gasteiger partial charge < -0.3 is 9.84 Å². The summed E-state index contributed by atoms with van der Waals surface area (Å²) in [5.41, 5.74) is 3.52. The Labute approximate surface area is 180 Å². The molecule has 0 unspecified atom stereocenters. The van der Waals surface area contributed by atoms with Gasteiger partial charge in [0.25, 0.3) is 0 Å². The van der Waals surface area contributed by atoms with Crippen molar-refractivity contribution in [2.24, 2.45) is 0 Å². The number of rotatable bonds is 6. The van der Waals surface area contributed by atoms with Gasteiger partial charge in [-0.25, -0.2) is 0 Å². The summed E-state index contributed by atoms with van der Waals surface area (Å²) in [6, 6.07) is 29.4. The fraction of sp³-hybridized carbons (Fsp3) is 0.0417. The summed E-state index contributed by atoms with van der Waals surface area (Å²) in [7, 11) is 0. The highest BCUT2D eigenvalue weighted by Crippen LogP contribution is 2.26. The zero-order valence-corrected chi connectivity index (χ0v) is 17.3. The van der Waals surface area contributed by atoms with Gasteiger partial charge in [-0.1, -0.05) is 89.9 Å². The second-order valence-electron chi connectivity index (χ2n) is 6.22. The van der Waals surface area contributed by atoms with Crippen LogP contribution < -0.4 is 4.58 Å². The number of allylic oxidation sites excluding steroid dienone is 1. The normalized spacial score (nSPS) is 11.3. The molecule has 146 valence electrons. The van der Waals surface area contributed by atoms with E-state index in [9.17, 15) is 5.11 Å². The topological polar surface area (TPSA) is 32.5 Å². The standard InChI is InChI=1S/C24H19Cl2NO2/c1-18(22(29-24(28)23(25)26)19-11-5-2-6-12-19)17-27(20-13-7-3-8-14-20)21-15-9-4-10-16-21/h2-17H,1H3/p+1/b22-18-. The van der Waals surface area contributed by atoms with Crippen LogP contribution in [-0.4, -0.2) is 11.3 Å². The monoisotopic (exact) mass is 424 g/mol. The summed E-state index contributed by atoms with van der Waals surface area (Å²) < 4.78 is 7.33. The molecule has 29 heavy (non-hydrogen) atoms. The number of aliphatic hydroxyl groups is 1. The van der Waals surface area contributed by atoms with Crippen LogP contribution in [0.25, 0.3) is 5.76 Å². The Bertz CT molecular complexity index is 999. The van der Waals surface area contributed by atoms with Crippen molar-refractivity contribution < 1.29 is 9.84 Å². The van der Waals surface area contributed by atoms with Crippen molar-refractivity contribution in [2.75, 3.05) is 0 Å². The molecule has 3 aromatic rings. The van der Waals surface area contributed by atoms with Crippen LogP contribution in [0.4, 0.5) is 11.4 Å². The predicted molar refractivity (Wildman–Crippen MR) is 122 cm³/mol. The van der Waals surface area contributed by atoms with E-state index in [1.165, 1.54) is 0 Å². The van der Waals surface area contributed by atoms with E-state index in [0.29, 0.717) is 5.76 Å². The summed E-state index contributed by atoms with van der Waals surface area (Å²) >= 11 is 11.4. The van der Waals surface area contributed by atoms with Gasteiger partial charge in [0.15, 0.2) is 10.7 Å². The van der Waals surface area contributed by atoms with E-state index in [0.717, 1.165) is 22.5 Å². The smallest absolute Gasteiger partial charge is 0.313 e. The SMILES string of the molecule is C/C(C=[N+](c1ccccc1)c1ccccc1)=C(/OC(O)=C(Cl)Cl)c1ccccc1. The van der Waals surface area contributed by atoms with Crippen LogP contribution in [0.2, 0.25) is 0 Å². The zero-order chi connectivity index (χ0) is 20.6.